The van der Waals surface area contributed by atoms with Crippen LogP contribution < -0.4 is 18.9 Å². The maximum atomic E-state index is 6.47. The minimum Gasteiger partial charge on any atom is -0.490 e. The molecule has 0 saturated heterocycles. The van der Waals surface area contributed by atoms with E-state index in [1.54, 1.807) is 0 Å². The van der Waals surface area contributed by atoms with Gasteiger partial charge in [0.25, 0.3) is 0 Å². The highest BCUT2D eigenvalue weighted by Gasteiger charge is 2.17. The van der Waals surface area contributed by atoms with Crippen LogP contribution in [0.4, 0.5) is 0 Å². The number of hydrogen-bond acceptors (Lipinski definition) is 4. The average molecular weight is 665 g/mol. The molecule has 0 heterocycles. The smallest absolute Gasteiger partial charge is 0.203 e. The van der Waals surface area contributed by atoms with Crippen LogP contribution in [-0.4, -0.2) is 27.9 Å². The molecule has 0 saturated carbocycles. The Balaban J connectivity index is 2.18. The van der Waals surface area contributed by atoms with Gasteiger partial charge in [-0.05, 0) is 61.2 Å². The molecule has 2 rings (SSSR count). The van der Waals surface area contributed by atoms with Crippen LogP contribution in [0.1, 0.15) is 147 Å². The number of unbranched alkanes of at least 4 members (excludes halogenated alkanes) is 15. The molecule has 264 valence electrons. The average Bonchev–Trinajstić information content (AvgIpc) is 3.06. The van der Waals surface area contributed by atoms with Crippen molar-refractivity contribution in [1.29, 1.82) is 0 Å². The molecule has 47 heavy (non-hydrogen) atoms. The Morgan fingerprint density at radius 1 is 0.511 bits per heavy atom. The molecule has 0 aliphatic heterocycles. The predicted octanol–water partition coefficient (Wildman–Crippen LogP) is 12.7. The lowest BCUT2D eigenvalue weighted by atomic mass is 10.1. The largest absolute Gasteiger partial charge is 0.490 e. The summed E-state index contributed by atoms with van der Waals surface area (Å²) in [6, 6.07) is 12.3. The van der Waals surface area contributed by atoms with Crippen molar-refractivity contribution in [3.05, 3.63) is 47.5 Å². The maximum absolute atomic E-state index is 6.47. The van der Waals surface area contributed by atoms with Crippen molar-refractivity contribution >= 4 is 8.07 Å². The number of ether oxygens (including phenoxy) is 4. The van der Waals surface area contributed by atoms with E-state index >= 15 is 0 Å². The van der Waals surface area contributed by atoms with Crippen LogP contribution in [0.2, 0.25) is 19.6 Å². The zero-order valence-electron chi connectivity index (χ0n) is 31.2. The van der Waals surface area contributed by atoms with E-state index in [1.807, 2.05) is 24.3 Å². The lowest BCUT2D eigenvalue weighted by molar-refractivity contribution is 0.232. The molecule has 0 fully saturated rings. The highest BCUT2D eigenvalue weighted by molar-refractivity contribution is 6.83. The SMILES string of the molecule is CCCCCCCCOc1cc(COc2ccc(C#C[Si](C)(C)C)cc2)cc(OCCCCCCCC)c1OCCCCCCCC. The molecule has 0 aliphatic rings. The van der Waals surface area contributed by atoms with E-state index in [9.17, 15) is 0 Å². The van der Waals surface area contributed by atoms with Crippen LogP contribution in [0, 0.1) is 11.5 Å². The van der Waals surface area contributed by atoms with E-state index < -0.39 is 8.07 Å². The third-order valence-corrected chi connectivity index (χ3v) is 9.05. The molecular formula is C42H68O4Si. The fourth-order valence-electron chi connectivity index (χ4n) is 5.32. The number of hydrogen-bond donors (Lipinski definition) is 0. The monoisotopic (exact) mass is 664 g/mol. The van der Waals surface area contributed by atoms with Crippen LogP contribution in [-0.2, 0) is 6.61 Å². The second-order valence-electron chi connectivity index (χ2n) is 14.1. The Labute approximate surface area is 290 Å². The van der Waals surface area contributed by atoms with Crippen LogP contribution in [0.15, 0.2) is 36.4 Å². The highest BCUT2D eigenvalue weighted by atomic mass is 28.3. The van der Waals surface area contributed by atoms with Crippen molar-refractivity contribution in [2.75, 3.05) is 19.8 Å². The summed E-state index contributed by atoms with van der Waals surface area (Å²) < 4.78 is 25.6. The van der Waals surface area contributed by atoms with Gasteiger partial charge in [-0.3, -0.25) is 0 Å². The van der Waals surface area contributed by atoms with Gasteiger partial charge in [0.05, 0.1) is 19.8 Å². The Bertz CT molecular complexity index is 1090. The summed E-state index contributed by atoms with van der Waals surface area (Å²) >= 11 is 0. The van der Waals surface area contributed by atoms with E-state index in [2.05, 4.69) is 64.0 Å². The first-order valence-corrected chi connectivity index (χ1v) is 22.7. The van der Waals surface area contributed by atoms with Gasteiger partial charge in [0.2, 0.25) is 5.75 Å². The van der Waals surface area contributed by atoms with Crippen LogP contribution in [0.5, 0.6) is 23.0 Å². The molecule has 4 nitrogen and oxygen atoms in total. The van der Waals surface area contributed by atoms with Gasteiger partial charge in [-0.1, -0.05) is 143 Å². The topological polar surface area (TPSA) is 36.9 Å². The van der Waals surface area contributed by atoms with Crippen LogP contribution in [0.25, 0.3) is 0 Å². The Morgan fingerprint density at radius 2 is 0.936 bits per heavy atom. The Kier molecular flexibility index (Phi) is 22.0. The lowest BCUT2D eigenvalue weighted by Gasteiger charge is -2.19. The van der Waals surface area contributed by atoms with Gasteiger partial charge < -0.3 is 18.9 Å². The van der Waals surface area contributed by atoms with Crippen LogP contribution >= 0.6 is 0 Å². The molecule has 0 aromatic heterocycles. The summed E-state index contributed by atoms with van der Waals surface area (Å²) in [5.74, 6) is 6.47. The van der Waals surface area contributed by atoms with Crippen molar-refractivity contribution in [1.82, 2.24) is 0 Å². The van der Waals surface area contributed by atoms with Crippen molar-refractivity contribution in [3.8, 4) is 34.5 Å². The molecule has 0 bridgehead atoms. The van der Waals surface area contributed by atoms with Gasteiger partial charge in [-0.25, -0.2) is 0 Å². The Morgan fingerprint density at radius 3 is 1.38 bits per heavy atom. The molecule has 0 amide bonds. The molecule has 0 radical (unpaired) electrons. The summed E-state index contributed by atoms with van der Waals surface area (Å²) in [6.07, 6.45) is 22.2. The molecule has 0 atom stereocenters. The van der Waals surface area contributed by atoms with E-state index in [0.717, 1.165) is 53.4 Å². The molecule has 2 aromatic rings. The fourth-order valence-corrected chi connectivity index (χ4v) is 5.84. The molecule has 2 aromatic carbocycles. The quantitative estimate of drug-likeness (QED) is 0.0541. The zero-order chi connectivity index (χ0) is 34.0. The maximum Gasteiger partial charge on any atom is 0.203 e. The standard InChI is InChI=1S/C42H68O4Si/c1-7-10-13-16-19-22-30-43-40-34-38(36-46-39-27-25-37(26-28-39)29-33-47(4,5)6)35-41(44-31-23-20-17-14-11-8-2)42(40)45-32-24-21-18-15-12-9-3/h25-28,34-35H,7-24,30-32,36H2,1-6H3. The minimum atomic E-state index is -1.41. The Hall–Kier alpha value is -2.58. The van der Waals surface area contributed by atoms with Gasteiger partial charge in [0, 0.05) is 5.56 Å². The highest BCUT2D eigenvalue weighted by Crippen LogP contribution is 2.40. The zero-order valence-corrected chi connectivity index (χ0v) is 32.2. The minimum absolute atomic E-state index is 0.429. The van der Waals surface area contributed by atoms with Gasteiger partial charge in [0.15, 0.2) is 11.5 Å². The van der Waals surface area contributed by atoms with Crippen LogP contribution in [0.3, 0.4) is 0 Å². The molecule has 0 spiro atoms. The van der Waals surface area contributed by atoms with Gasteiger partial charge >= 0.3 is 0 Å². The number of rotatable bonds is 27. The third kappa shape index (κ3) is 19.7. The van der Waals surface area contributed by atoms with Gasteiger partial charge in [0.1, 0.15) is 20.4 Å². The van der Waals surface area contributed by atoms with Crippen molar-refractivity contribution < 1.29 is 18.9 Å². The molecule has 0 aliphatic carbocycles. The first kappa shape index (κ1) is 40.6. The second kappa shape index (κ2) is 25.4. The number of benzene rings is 2. The van der Waals surface area contributed by atoms with Gasteiger partial charge in [-0.2, -0.15) is 0 Å². The van der Waals surface area contributed by atoms with E-state index in [0.29, 0.717) is 26.4 Å². The molecule has 0 N–H and O–H groups in total. The summed E-state index contributed by atoms with van der Waals surface area (Å²) in [7, 11) is -1.41. The molecular weight excluding hydrogens is 597 g/mol. The molecule has 5 heteroatoms. The third-order valence-electron chi connectivity index (χ3n) is 8.18. The summed E-state index contributed by atoms with van der Waals surface area (Å²) in [4.78, 5) is 0. The van der Waals surface area contributed by atoms with E-state index in [4.69, 9.17) is 18.9 Å². The summed E-state index contributed by atoms with van der Waals surface area (Å²) in [6.45, 7) is 16.0. The first-order chi connectivity index (χ1) is 22.9. The fraction of sp³-hybridized carbons (Fsp3) is 0.667. The van der Waals surface area contributed by atoms with Crippen molar-refractivity contribution in [2.24, 2.45) is 0 Å². The summed E-state index contributed by atoms with van der Waals surface area (Å²) in [5.41, 5.74) is 5.49. The second-order valence-corrected chi connectivity index (χ2v) is 18.8. The van der Waals surface area contributed by atoms with Crippen molar-refractivity contribution in [3.63, 3.8) is 0 Å². The van der Waals surface area contributed by atoms with E-state index in [1.165, 1.54) is 96.3 Å². The lowest BCUT2D eigenvalue weighted by Crippen LogP contribution is -2.16. The van der Waals surface area contributed by atoms with Crippen molar-refractivity contribution in [2.45, 2.75) is 163 Å². The van der Waals surface area contributed by atoms with Gasteiger partial charge in [-0.15, -0.1) is 5.54 Å². The molecule has 0 unspecified atom stereocenters. The predicted molar refractivity (Wildman–Crippen MR) is 204 cm³/mol. The normalized spacial score (nSPS) is 11.2. The summed E-state index contributed by atoms with van der Waals surface area (Å²) in [5, 5.41) is 0. The van der Waals surface area contributed by atoms with E-state index in [-0.39, 0.29) is 0 Å². The first-order valence-electron chi connectivity index (χ1n) is 19.2.